The Morgan fingerprint density at radius 2 is 0.949 bits per heavy atom. The van der Waals surface area contributed by atoms with Gasteiger partial charge in [0.2, 0.25) is 0 Å². The topological polar surface area (TPSA) is 80.9 Å². The van der Waals surface area contributed by atoms with Gasteiger partial charge in [-0.15, -0.1) is 0 Å². The van der Waals surface area contributed by atoms with E-state index in [1.54, 1.807) is 36.4 Å². The maximum atomic E-state index is 11.4. The highest BCUT2D eigenvalue weighted by molar-refractivity contribution is 5.72. The average molecular weight is 517 g/mol. The zero-order chi connectivity index (χ0) is 27.4. The molecule has 0 aromatic heterocycles. The van der Waals surface area contributed by atoms with Crippen molar-refractivity contribution in [1.29, 1.82) is 0 Å². The van der Waals surface area contributed by atoms with E-state index in [9.17, 15) is 20.4 Å². The summed E-state index contributed by atoms with van der Waals surface area (Å²) in [5.41, 5.74) is 5.13. The first kappa shape index (κ1) is 25.9. The molecule has 0 fully saturated rings. The highest BCUT2D eigenvalue weighted by Crippen LogP contribution is 2.51. The number of rotatable bonds is 8. The zero-order valence-electron chi connectivity index (χ0n) is 21.9. The number of benzene rings is 5. The molecule has 0 heterocycles. The fraction of sp³-hybridized carbons (Fsp3) is 0.143. The van der Waals surface area contributed by atoms with Crippen LogP contribution in [-0.4, -0.2) is 20.4 Å². The second-order valence-corrected chi connectivity index (χ2v) is 9.93. The molecule has 4 N–H and O–H groups in total. The number of hydrogen-bond acceptors (Lipinski definition) is 4. The first-order valence-corrected chi connectivity index (χ1v) is 13.2. The van der Waals surface area contributed by atoms with Gasteiger partial charge in [0, 0.05) is 11.1 Å². The minimum Gasteiger partial charge on any atom is -0.508 e. The second-order valence-electron chi connectivity index (χ2n) is 9.93. The van der Waals surface area contributed by atoms with Crippen molar-refractivity contribution in [3.05, 3.63) is 132 Å². The molecule has 0 bridgehead atoms. The Bertz CT molecular complexity index is 1460. The molecule has 0 aliphatic heterocycles. The predicted molar refractivity (Wildman–Crippen MR) is 156 cm³/mol. The quantitative estimate of drug-likeness (QED) is 0.156. The summed E-state index contributed by atoms with van der Waals surface area (Å²) in [5.74, 6) is 0.671. The molecular formula is C35H32O4. The van der Waals surface area contributed by atoms with E-state index in [2.05, 4.69) is 19.1 Å². The van der Waals surface area contributed by atoms with Crippen LogP contribution < -0.4 is 0 Å². The molecular weight excluding hydrogens is 484 g/mol. The number of hydrogen-bond donors (Lipinski definition) is 4. The molecule has 39 heavy (non-hydrogen) atoms. The molecule has 0 spiro atoms. The van der Waals surface area contributed by atoms with E-state index in [0.717, 1.165) is 40.7 Å². The molecule has 0 saturated carbocycles. The van der Waals surface area contributed by atoms with Crippen LogP contribution in [0, 0.1) is 0 Å². The number of phenolic OH excluding ortho intramolecular Hbond substituents is 4. The summed E-state index contributed by atoms with van der Waals surface area (Å²) in [4.78, 5) is 0. The SMILES string of the molecule is CCCCC(c1ccccc1)(c1cc(-c2ccc(O)cc2)ccc1O)c1cc(-c2ccc(O)cc2)ccc1O. The second kappa shape index (κ2) is 11.0. The summed E-state index contributed by atoms with van der Waals surface area (Å²) >= 11 is 0. The molecule has 5 aromatic rings. The standard InChI is InChI=1S/C35H32O4/c1-2-3-21-35(28-7-5-4-6-8-28,31-22-26(13-19-33(31)38)24-9-15-29(36)16-10-24)32-23-27(14-20-34(32)39)25-11-17-30(37)18-12-25/h4-20,22-23,36-39H,2-3,21H2,1H3. The van der Waals surface area contributed by atoms with Gasteiger partial charge in [0.25, 0.3) is 0 Å². The molecule has 4 heteroatoms. The highest BCUT2D eigenvalue weighted by Gasteiger charge is 2.40. The minimum atomic E-state index is -0.856. The Hall–Kier alpha value is -4.70. The van der Waals surface area contributed by atoms with E-state index in [4.69, 9.17) is 0 Å². The van der Waals surface area contributed by atoms with Crippen LogP contribution in [0.3, 0.4) is 0 Å². The molecule has 0 atom stereocenters. The van der Waals surface area contributed by atoms with Crippen LogP contribution in [-0.2, 0) is 5.41 Å². The molecule has 0 radical (unpaired) electrons. The zero-order valence-corrected chi connectivity index (χ0v) is 21.9. The fourth-order valence-corrected chi connectivity index (χ4v) is 5.46. The number of phenols is 4. The van der Waals surface area contributed by atoms with Crippen LogP contribution in [0.5, 0.6) is 23.0 Å². The summed E-state index contributed by atoms with van der Waals surface area (Å²) in [6.45, 7) is 2.13. The highest BCUT2D eigenvalue weighted by atomic mass is 16.3. The monoisotopic (exact) mass is 516 g/mol. The fourth-order valence-electron chi connectivity index (χ4n) is 5.46. The lowest BCUT2D eigenvalue weighted by atomic mass is 9.65. The molecule has 0 unspecified atom stereocenters. The van der Waals surface area contributed by atoms with E-state index >= 15 is 0 Å². The maximum absolute atomic E-state index is 11.4. The Balaban J connectivity index is 1.81. The number of aromatic hydroxyl groups is 4. The van der Waals surface area contributed by atoms with Crippen molar-refractivity contribution in [2.45, 2.75) is 31.6 Å². The summed E-state index contributed by atoms with van der Waals surface area (Å²) in [7, 11) is 0. The van der Waals surface area contributed by atoms with Gasteiger partial charge in [0.15, 0.2) is 0 Å². The summed E-state index contributed by atoms with van der Waals surface area (Å²) in [5, 5.41) is 42.5. The normalized spacial score (nSPS) is 11.4. The van der Waals surface area contributed by atoms with E-state index < -0.39 is 5.41 Å². The van der Waals surface area contributed by atoms with Crippen LogP contribution in [0.15, 0.2) is 115 Å². The van der Waals surface area contributed by atoms with Crippen LogP contribution in [0.1, 0.15) is 42.9 Å². The van der Waals surface area contributed by atoms with Gasteiger partial charge in [0.1, 0.15) is 23.0 Å². The van der Waals surface area contributed by atoms with Gasteiger partial charge >= 0.3 is 0 Å². The lowest BCUT2D eigenvalue weighted by Crippen LogP contribution is -2.30. The molecule has 4 nitrogen and oxygen atoms in total. The lowest BCUT2D eigenvalue weighted by Gasteiger charge is -2.37. The van der Waals surface area contributed by atoms with Gasteiger partial charge < -0.3 is 20.4 Å². The molecule has 0 aliphatic rings. The van der Waals surface area contributed by atoms with Crippen molar-refractivity contribution in [3.63, 3.8) is 0 Å². The first-order valence-electron chi connectivity index (χ1n) is 13.2. The first-order chi connectivity index (χ1) is 18.9. The Morgan fingerprint density at radius 1 is 0.513 bits per heavy atom. The van der Waals surface area contributed by atoms with Gasteiger partial charge in [-0.05, 0) is 82.8 Å². The van der Waals surface area contributed by atoms with Crippen molar-refractivity contribution in [2.24, 2.45) is 0 Å². The van der Waals surface area contributed by atoms with E-state index in [1.807, 2.05) is 66.7 Å². The molecule has 0 amide bonds. The number of unbranched alkanes of at least 4 members (excludes halogenated alkanes) is 1. The predicted octanol–water partition coefficient (Wildman–Crippen LogP) is 8.37. The summed E-state index contributed by atoms with van der Waals surface area (Å²) < 4.78 is 0. The third-order valence-corrected chi connectivity index (χ3v) is 7.49. The summed E-state index contributed by atoms with van der Waals surface area (Å²) in [6, 6.07) is 35.2. The van der Waals surface area contributed by atoms with E-state index in [0.29, 0.717) is 17.5 Å². The van der Waals surface area contributed by atoms with E-state index in [1.165, 1.54) is 0 Å². The van der Waals surface area contributed by atoms with E-state index in [-0.39, 0.29) is 23.0 Å². The maximum Gasteiger partial charge on any atom is 0.120 e. The van der Waals surface area contributed by atoms with Crippen LogP contribution in [0.4, 0.5) is 0 Å². The average Bonchev–Trinajstić information content (AvgIpc) is 2.96. The molecule has 5 rings (SSSR count). The largest absolute Gasteiger partial charge is 0.508 e. The smallest absolute Gasteiger partial charge is 0.120 e. The van der Waals surface area contributed by atoms with Crippen molar-refractivity contribution in [3.8, 4) is 45.3 Å². The van der Waals surface area contributed by atoms with Gasteiger partial charge in [-0.25, -0.2) is 0 Å². The van der Waals surface area contributed by atoms with Crippen molar-refractivity contribution in [2.75, 3.05) is 0 Å². The molecule has 0 aliphatic carbocycles. The van der Waals surface area contributed by atoms with Crippen LogP contribution in [0.25, 0.3) is 22.3 Å². The van der Waals surface area contributed by atoms with Gasteiger partial charge in [-0.3, -0.25) is 0 Å². The molecule has 5 aromatic carbocycles. The van der Waals surface area contributed by atoms with Crippen molar-refractivity contribution in [1.82, 2.24) is 0 Å². The van der Waals surface area contributed by atoms with Crippen molar-refractivity contribution >= 4 is 0 Å². The molecule has 0 saturated heterocycles. The Morgan fingerprint density at radius 3 is 1.38 bits per heavy atom. The summed E-state index contributed by atoms with van der Waals surface area (Å²) in [6.07, 6.45) is 2.46. The van der Waals surface area contributed by atoms with Gasteiger partial charge in [0.05, 0.1) is 5.41 Å². The van der Waals surface area contributed by atoms with Crippen molar-refractivity contribution < 1.29 is 20.4 Å². The third kappa shape index (κ3) is 5.06. The van der Waals surface area contributed by atoms with Gasteiger partial charge in [-0.2, -0.15) is 0 Å². The lowest BCUT2D eigenvalue weighted by molar-refractivity contribution is 0.420. The Kier molecular flexibility index (Phi) is 7.29. The van der Waals surface area contributed by atoms with Gasteiger partial charge in [-0.1, -0.05) is 86.5 Å². The minimum absolute atomic E-state index is 0.145. The Labute approximate surface area is 229 Å². The molecule has 196 valence electrons. The van der Waals surface area contributed by atoms with Crippen LogP contribution in [0.2, 0.25) is 0 Å². The van der Waals surface area contributed by atoms with Crippen LogP contribution >= 0.6 is 0 Å². The third-order valence-electron chi connectivity index (χ3n) is 7.49.